The fraction of sp³-hybridized carbons (Fsp3) is 0.224. The quantitative estimate of drug-likeness (QED) is 0.139. The molecule has 0 saturated heterocycles. The van der Waals surface area contributed by atoms with Crippen LogP contribution < -0.4 is 5.30 Å². The Bertz CT molecular complexity index is 3910. The van der Waals surface area contributed by atoms with Crippen molar-refractivity contribution in [2.24, 2.45) is 0 Å². The molecule has 6 aliphatic rings. The van der Waals surface area contributed by atoms with E-state index < -0.39 is 7.60 Å². The van der Waals surface area contributed by atoms with E-state index in [1.54, 1.807) is 121 Å². The molecule has 2 N–H and O–H groups in total. The lowest BCUT2D eigenvalue weighted by molar-refractivity contribution is 0.303. The standard InChI is InChI=1S/C49H28NO3P/c1-50-14-25-26-23-12-10-21-19-8-6-17-18-7-9-20-22-11-13-24-34-32(22)40-30(20)28(18)38-27(17)29(19)39-31(21)33(23)41-37(26)43(42(34)48-46(40)44(38)45(39)47(41)48)35(24)36(25)49(50)15-2-4-16(5-3-15)54(51,52)53/h2-6,8,10,12,18,20,22,24,49H,7,9,11,13-14H2,1H3,(H2,51,52,53). The van der Waals surface area contributed by atoms with Gasteiger partial charge in [0.2, 0.25) is 0 Å². The van der Waals surface area contributed by atoms with E-state index in [0.717, 1.165) is 12.1 Å². The van der Waals surface area contributed by atoms with Gasteiger partial charge in [-0.25, -0.2) is 0 Å². The van der Waals surface area contributed by atoms with Crippen molar-refractivity contribution in [2.75, 3.05) is 7.05 Å². The predicted molar refractivity (Wildman–Crippen MR) is 219 cm³/mol. The van der Waals surface area contributed by atoms with Gasteiger partial charge in [0.05, 0.1) is 11.3 Å². The summed E-state index contributed by atoms with van der Waals surface area (Å²) < 4.78 is 12.3. The summed E-state index contributed by atoms with van der Waals surface area (Å²) in [6.45, 7) is 0.868. The molecule has 1 aliphatic heterocycles. The zero-order chi connectivity index (χ0) is 34.5. The third-order valence-corrected chi connectivity index (χ3v) is 18.2. The van der Waals surface area contributed by atoms with Crippen LogP contribution in [0, 0.1) is 0 Å². The molecular weight excluding hydrogens is 682 g/mol. The lowest BCUT2D eigenvalue weighted by atomic mass is 9.69. The number of hydrogen-bond donors (Lipinski definition) is 2. The van der Waals surface area contributed by atoms with Crippen LogP contribution in [0.25, 0.3) is 108 Å². The van der Waals surface area contributed by atoms with Crippen molar-refractivity contribution in [1.82, 2.24) is 4.90 Å². The van der Waals surface area contributed by atoms with E-state index in [2.05, 4.69) is 36.2 Å². The first-order valence-corrected chi connectivity index (χ1v) is 21.7. The summed E-state index contributed by atoms with van der Waals surface area (Å²) in [5.74, 6) is 2.19. The third-order valence-electron chi connectivity index (χ3n) is 17.2. The second-order valence-corrected chi connectivity index (χ2v) is 20.2. The van der Waals surface area contributed by atoms with E-state index in [1.807, 2.05) is 12.1 Å². The summed E-state index contributed by atoms with van der Waals surface area (Å²) in [5.41, 5.74) is 14.3. The van der Waals surface area contributed by atoms with Crippen LogP contribution >= 0.6 is 7.60 Å². The van der Waals surface area contributed by atoms with E-state index in [9.17, 15) is 14.4 Å². The van der Waals surface area contributed by atoms with Crippen molar-refractivity contribution in [3.05, 3.63) is 98.6 Å². The SMILES string of the molecule is CN1Cc2c(c3c4c5c6c7c8c9c%10c%11c%12c(ccc%13c%14ccc%15c2c4c2c%15c%14c(c%13%12)c4c%11c8c5c24)C%10CCC9C7CCC36)C1c1ccc(P(=O)(O)O)cc1. The van der Waals surface area contributed by atoms with Gasteiger partial charge in [0, 0.05) is 18.4 Å². The largest absolute Gasteiger partial charge is 0.356 e. The topological polar surface area (TPSA) is 60.8 Å². The molecular formula is C49H28NO3P. The first-order valence-electron chi connectivity index (χ1n) is 20.1. The molecule has 0 saturated carbocycles. The van der Waals surface area contributed by atoms with Gasteiger partial charge in [0.1, 0.15) is 0 Å². The van der Waals surface area contributed by atoms with Crippen molar-refractivity contribution in [2.45, 2.75) is 61.9 Å². The Balaban J connectivity index is 1.17. The van der Waals surface area contributed by atoms with Crippen LogP contribution in [0.1, 0.15) is 105 Å². The van der Waals surface area contributed by atoms with E-state index >= 15 is 0 Å². The molecule has 5 aliphatic carbocycles. The lowest BCUT2D eigenvalue weighted by Crippen LogP contribution is -2.21. The van der Waals surface area contributed by atoms with Gasteiger partial charge in [0.25, 0.3) is 0 Å². The Morgan fingerprint density at radius 1 is 0.500 bits per heavy atom. The van der Waals surface area contributed by atoms with Crippen LogP contribution in [0.4, 0.5) is 0 Å². The molecule has 252 valence electrons. The second kappa shape index (κ2) is 7.18. The minimum Gasteiger partial charge on any atom is -0.321 e. The van der Waals surface area contributed by atoms with Crippen LogP contribution in [-0.2, 0) is 11.1 Å². The van der Waals surface area contributed by atoms with Gasteiger partial charge >= 0.3 is 7.60 Å². The van der Waals surface area contributed by atoms with Crippen LogP contribution in [0.5, 0.6) is 0 Å². The summed E-state index contributed by atoms with van der Waals surface area (Å²) in [5, 5.41) is 31.4. The highest BCUT2D eigenvalue weighted by molar-refractivity contribution is 7.60. The Kier molecular flexibility index (Phi) is 3.47. The number of nitrogens with zero attached hydrogens (tertiary/aromatic N) is 1. The molecule has 0 radical (unpaired) electrons. The summed E-state index contributed by atoms with van der Waals surface area (Å²) in [6, 6.07) is 17.4. The molecule has 18 rings (SSSR count). The van der Waals surface area contributed by atoms with Gasteiger partial charge in [0.15, 0.2) is 0 Å². The van der Waals surface area contributed by atoms with Gasteiger partial charge in [-0.3, -0.25) is 9.46 Å². The fourth-order valence-electron chi connectivity index (χ4n) is 16.1. The van der Waals surface area contributed by atoms with E-state index in [1.165, 1.54) is 69.1 Å². The summed E-state index contributed by atoms with van der Waals surface area (Å²) in [6.07, 6.45) is 5.06. The molecule has 5 unspecified atom stereocenters. The van der Waals surface area contributed by atoms with Crippen molar-refractivity contribution >= 4 is 121 Å². The van der Waals surface area contributed by atoms with E-state index in [4.69, 9.17) is 0 Å². The fourth-order valence-corrected chi connectivity index (χ4v) is 16.6. The molecule has 12 aromatic carbocycles. The van der Waals surface area contributed by atoms with Crippen molar-refractivity contribution in [1.29, 1.82) is 0 Å². The average molecular weight is 710 g/mol. The lowest BCUT2D eigenvalue weighted by Gasteiger charge is -2.34. The molecule has 5 heteroatoms. The van der Waals surface area contributed by atoms with Gasteiger partial charge < -0.3 is 9.79 Å². The Morgan fingerprint density at radius 2 is 1.02 bits per heavy atom. The highest BCUT2D eigenvalue weighted by Gasteiger charge is 2.53. The third kappa shape index (κ3) is 2.09. The molecule has 4 nitrogen and oxygen atoms in total. The maximum Gasteiger partial charge on any atom is 0.356 e. The second-order valence-electron chi connectivity index (χ2n) is 18.6. The average Bonchev–Trinajstić information content (AvgIpc) is 4.02. The predicted octanol–water partition coefficient (Wildman–Crippen LogP) is 11.3. The maximum absolute atomic E-state index is 12.3. The van der Waals surface area contributed by atoms with Crippen LogP contribution in [0.15, 0.2) is 48.5 Å². The minimum absolute atomic E-state index is 0.0299. The first-order chi connectivity index (χ1) is 26.4. The zero-order valence-corrected chi connectivity index (χ0v) is 30.1. The molecule has 0 amide bonds. The van der Waals surface area contributed by atoms with E-state index in [-0.39, 0.29) is 11.3 Å². The molecule has 0 aromatic heterocycles. The van der Waals surface area contributed by atoms with Crippen molar-refractivity contribution < 1.29 is 14.4 Å². The molecule has 0 bridgehead atoms. The number of fused-ring (bicyclic) bond motifs is 8. The Morgan fingerprint density at radius 3 is 1.76 bits per heavy atom. The normalized spacial score (nSPS) is 25.5. The molecule has 0 fully saturated rings. The van der Waals surface area contributed by atoms with Gasteiger partial charge in [-0.2, -0.15) is 0 Å². The van der Waals surface area contributed by atoms with Crippen LogP contribution in [-0.4, -0.2) is 21.7 Å². The molecule has 1 heterocycles. The van der Waals surface area contributed by atoms with Crippen LogP contribution in [0.2, 0.25) is 0 Å². The zero-order valence-electron chi connectivity index (χ0n) is 29.2. The van der Waals surface area contributed by atoms with Gasteiger partial charge in [-0.05, 0) is 214 Å². The minimum atomic E-state index is -4.34. The number of benzene rings is 9. The maximum atomic E-state index is 12.3. The molecule has 5 atom stereocenters. The number of hydrogen-bond acceptors (Lipinski definition) is 2. The molecule has 12 aromatic rings. The van der Waals surface area contributed by atoms with Crippen molar-refractivity contribution in [3.8, 4) is 0 Å². The highest BCUT2D eigenvalue weighted by atomic mass is 31.2. The monoisotopic (exact) mass is 709 g/mol. The summed E-state index contributed by atoms with van der Waals surface area (Å²) >= 11 is 0. The smallest absolute Gasteiger partial charge is 0.321 e. The highest BCUT2D eigenvalue weighted by Crippen LogP contribution is 2.74. The number of rotatable bonds is 2. The Labute approximate surface area is 306 Å². The Hall–Kier alpha value is -4.83. The molecule has 0 spiro atoms. The van der Waals surface area contributed by atoms with Gasteiger partial charge in [-0.1, -0.05) is 36.4 Å². The van der Waals surface area contributed by atoms with Gasteiger partial charge in [-0.15, -0.1) is 0 Å². The van der Waals surface area contributed by atoms with Crippen molar-refractivity contribution in [3.63, 3.8) is 0 Å². The van der Waals surface area contributed by atoms with Crippen LogP contribution in [0.3, 0.4) is 0 Å². The summed E-state index contributed by atoms with van der Waals surface area (Å²) in [7, 11) is -2.07. The van der Waals surface area contributed by atoms with E-state index in [0.29, 0.717) is 23.7 Å². The summed E-state index contributed by atoms with van der Waals surface area (Å²) in [4.78, 5) is 22.6. The first kappa shape index (κ1) is 26.1. The molecule has 54 heavy (non-hydrogen) atoms.